The summed E-state index contributed by atoms with van der Waals surface area (Å²) in [5.41, 5.74) is 4.54. The second-order valence-electron chi connectivity index (χ2n) is 4.57. The van der Waals surface area contributed by atoms with Gasteiger partial charge in [-0.1, -0.05) is 6.07 Å². The van der Waals surface area contributed by atoms with E-state index in [-0.39, 0.29) is 0 Å². The molecule has 0 saturated heterocycles. The highest BCUT2D eigenvalue weighted by molar-refractivity contribution is 5.53. The zero-order valence-corrected chi connectivity index (χ0v) is 11.7. The average molecular weight is 256 g/mol. The van der Waals surface area contributed by atoms with Gasteiger partial charge in [-0.05, 0) is 56.2 Å². The molecule has 0 fully saturated rings. The largest absolute Gasteiger partial charge is 0.494 e. The number of nitrogens with one attached hydrogen (secondary N) is 1. The Hall–Kier alpha value is -2.03. The molecule has 0 aliphatic carbocycles. The van der Waals surface area contributed by atoms with Gasteiger partial charge in [-0.15, -0.1) is 0 Å². The number of ether oxygens (including phenoxy) is 1. The zero-order chi connectivity index (χ0) is 13.7. The van der Waals surface area contributed by atoms with Gasteiger partial charge in [-0.25, -0.2) is 0 Å². The molecule has 2 rings (SSSR count). The number of hydrogen-bond donors (Lipinski definition) is 1. The standard InChI is InChI=1S/C16H20N2O/c1-4-19-15-7-8-16(12(2)9-15)18-11-14-6-5-13(3)17-10-14/h5-10,18H,4,11H2,1-3H3. The molecule has 1 aromatic carbocycles. The molecular weight excluding hydrogens is 236 g/mol. The highest BCUT2D eigenvalue weighted by atomic mass is 16.5. The first-order valence-corrected chi connectivity index (χ1v) is 6.58. The van der Waals surface area contributed by atoms with E-state index in [9.17, 15) is 0 Å². The Balaban J connectivity index is 2.01. The van der Waals surface area contributed by atoms with E-state index in [1.54, 1.807) is 0 Å². The minimum atomic E-state index is 0.696. The van der Waals surface area contributed by atoms with Crippen LogP contribution in [0.4, 0.5) is 5.69 Å². The van der Waals surface area contributed by atoms with Crippen molar-refractivity contribution in [3.05, 3.63) is 53.3 Å². The Kier molecular flexibility index (Phi) is 4.39. The van der Waals surface area contributed by atoms with E-state index in [1.165, 1.54) is 11.1 Å². The van der Waals surface area contributed by atoms with Crippen LogP contribution in [0.3, 0.4) is 0 Å². The molecule has 0 aliphatic heterocycles. The van der Waals surface area contributed by atoms with Gasteiger partial charge in [-0.3, -0.25) is 4.98 Å². The molecule has 0 unspecified atom stereocenters. The number of anilines is 1. The summed E-state index contributed by atoms with van der Waals surface area (Å²) in [4.78, 5) is 4.29. The van der Waals surface area contributed by atoms with Gasteiger partial charge in [0.25, 0.3) is 0 Å². The SMILES string of the molecule is CCOc1ccc(NCc2ccc(C)nc2)c(C)c1. The molecule has 3 heteroatoms. The molecule has 2 aromatic rings. The lowest BCUT2D eigenvalue weighted by Gasteiger charge is -2.11. The van der Waals surface area contributed by atoms with E-state index in [0.29, 0.717) is 6.61 Å². The molecule has 0 amide bonds. The van der Waals surface area contributed by atoms with Crippen LogP contribution in [0.15, 0.2) is 36.5 Å². The zero-order valence-electron chi connectivity index (χ0n) is 11.7. The van der Waals surface area contributed by atoms with Crippen molar-refractivity contribution in [1.29, 1.82) is 0 Å². The van der Waals surface area contributed by atoms with Gasteiger partial charge < -0.3 is 10.1 Å². The molecule has 0 spiro atoms. The van der Waals surface area contributed by atoms with Crippen LogP contribution in [0.2, 0.25) is 0 Å². The van der Waals surface area contributed by atoms with Gasteiger partial charge in [0.05, 0.1) is 6.61 Å². The fraction of sp³-hybridized carbons (Fsp3) is 0.312. The number of benzene rings is 1. The highest BCUT2D eigenvalue weighted by Crippen LogP contribution is 2.21. The molecule has 19 heavy (non-hydrogen) atoms. The molecule has 0 saturated carbocycles. The monoisotopic (exact) mass is 256 g/mol. The van der Waals surface area contributed by atoms with Gasteiger partial charge in [0.2, 0.25) is 0 Å². The Morgan fingerprint density at radius 3 is 2.63 bits per heavy atom. The molecule has 0 radical (unpaired) electrons. The van der Waals surface area contributed by atoms with Crippen molar-refractivity contribution < 1.29 is 4.74 Å². The number of hydrogen-bond acceptors (Lipinski definition) is 3. The van der Waals surface area contributed by atoms with E-state index < -0.39 is 0 Å². The van der Waals surface area contributed by atoms with Crippen LogP contribution >= 0.6 is 0 Å². The van der Waals surface area contributed by atoms with Gasteiger partial charge in [-0.2, -0.15) is 0 Å². The van der Waals surface area contributed by atoms with Crippen LogP contribution in [0.5, 0.6) is 5.75 Å². The van der Waals surface area contributed by atoms with Crippen LogP contribution in [-0.2, 0) is 6.54 Å². The number of nitrogens with zero attached hydrogens (tertiary/aromatic N) is 1. The van der Waals surface area contributed by atoms with E-state index in [1.807, 2.05) is 32.2 Å². The third-order valence-corrected chi connectivity index (χ3v) is 2.96. The van der Waals surface area contributed by atoms with Crippen LogP contribution in [0, 0.1) is 13.8 Å². The Morgan fingerprint density at radius 1 is 1.16 bits per heavy atom. The minimum Gasteiger partial charge on any atom is -0.494 e. The molecule has 0 bridgehead atoms. The summed E-state index contributed by atoms with van der Waals surface area (Å²) in [5.74, 6) is 0.919. The van der Waals surface area contributed by atoms with E-state index in [2.05, 4.69) is 35.4 Å². The normalized spacial score (nSPS) is 10.3. The second kappa shape index (κ2) is 6.23. The van der Waals surface area contributed by atoms with Gasteiger partial charge >= 0.3 is 0 Å². The van der Waals surface area contributed by atoms with E-state index >= 15 is 0 Å². The summed E-state index contributed by atoms with van der Waals surface area (Å²) in [7, 11) is 0. The van der Waals surface area contributed by atoms with Crippen LogP contribution < -0.4 is 10.1 Å². The van der Waals surface area contributed by atoms with E-state index in [4.69, 9.17) is 4.74 Å². The number of rotatable bonds is 5. The van der Waals surface area contributed by atoms with Crippen molar-refractivity contribution in [3.63, 3.8) is 0 Å². The van der Waals surface area contributed by atoms with Crippen molar-refractivity contribution in [2.45, 2.75) is 27.3 Å². The maximum Gasteiger partial charge on any atom is 0.119 e. The summed E-state index contributed by atoms with van der Waals surface area (Å²) in [5, 5.41) is 3.42. The fourth-order valence-electron chi connectivity index (χ4n) is 1.89. The topological polar surface area (TPSA) is 34.1 Å². The summed E-state index contributed by atoms with van der Waals surface area (Å²) in [6.07, 6.45) is 1.91. The first-order valence-electron chi connectivity index (χ1n) is 6.58. The Morgan fingerprint density at radius 2 is 2.00 bits per heavy atom. The average Bonchev–Trinajstić information content (AvgIpc) is 2.40. The van der Waals surface area contributed by atoms with Crippen LogP contribution in [0.25, 0.3) is 0 Å². The summed E-state index contributed by atoms with van der Waals surface area (Å²) < 4.78 is 5.48. The van der Waals surface area contributed by atoms with Gasteiger partial charge in [0.1, 0.15) is 5.75 Å². The van der Waals surface area contributed by atoms with Crippen molar-refractivity contribution in [2.75, 3.05) is 11.9 Å². The van der Waals surface area contributed by atoms with Crippen molar-refractivity contribution in [1.82, 2.24) is 4.98 Å². The maximum atomic E-state index is 5.48. The number of pyridine rings is 1. The third kappa shape index (κ3) is 3.71. The molecule has 0 atom stereocenters. The van der Waals surface area contributed by atoms with E-state index in [0.717, 1.165) is 23.7 Å². The summed E-state index contributed by atoms with van der Waals surface area (Å²) in [6, 6.07) is 10.2. The maximum absolute atomic E-state index is 5.48. The summed E-state index contributed by atoms with van der Waals surface area (Å²) in [6.45, 7) is 7.54. The first kappa shape index (κ1) is 13.4. The van der Waals surface area contributed by atoms with Crippen molar-refractivity contribution >= 4 is 5.69 Å². The molecule has 0 aliphatic rings. The van der Waals surface area contributed by atoms with Crippen molar-refractivity contribution in [2.24, 2.45) is 0 Å². The summed E-state index contributed by atoms with van der Waals surface area (Å²) >= 11 is 0. The molecule has 1 aromatic heterocycles. The van der Waals surface area contributed by atoms with Crippen LogP contribution in [0.1, 0.15) is 23.7 Å². The minimum absolute atomic E-state index is 0.696. The van der Waals surface area contributed by atoms with Gasteiger partial charge in [0, 0.05) is 24.1 Å². The molecular formula is C16H20N2O. The lowest BCUT2D eigenvalue weighted by atomic mass is 10.2. The quantitative estimate of drug-likeness (QED) is 0.885. The van der Waals surface area contributed by atoms with Gasteiger partial charge in [0.15, 0.2) is 0 Å². The Labute approximate surface area is 114 Å². The molecule has 1 heterocycles. The molecule has 1 N–H and O–H groups in total. The number of aryl methyl sites for hydroxylation is 2. The smallest absolute Gasteiger partial charge is 0.119 e. The lowest BCUT2D eigenvalue weighted by Crippen LogP contribution is -2.02. The lowest BCUT2D eigenvalue weighted by molar-refractivity contribution is 0.340. The predicted molar refractivity (Wildman–Crippen MR) is 78.6 cm³/mol. The Bertz CT molecular complexity index is 535. The molecule has 100 valence electrons. The van der Waals surface area contributed by atoms with Crippen molar-refractivity contribution in [3.8, 4) is 5.75 Å². The number of aromatic nitrogens is 1. The van der Waals surface area contributed by atoms with Crippen LogP contribution in [-0.4, -0.2) is 11.6 Å². The molecule has 3 nitrogen and oxygen atoms in total. The predicted octanol–water partition coefficient (Wildman–Crippen LogP) is 3.71. The highest BCUT2D eigenvalue weighted by Gasteiger charge is 2.01. The first-order chi connectivity index (χ1) is 9.19. The second-order valence-corrected chi connectivity index (χ2v) is 4.57. The third-order valence-electron chi connectivity index (χ3n) is 2.96. The fourth-order valence-corrected chi connectivity index (χ4v) is 1.89.